The molecular formula is C15H25NO2S2. The van der Waals surface area contributed by atoms with Gasteiger partial charge in [0.2, 0.25) is 0 Å². The van der Waals surface area contributed by atoms with Gasteiger partial charge in [0.25, 0.3) is 10.0 Å². The summed E-state index contributed by atoms with van der Waals surface area (Å²) in [6.07, 6.45) is 7.95. The monoisotopic (exact) mass is 315 g/mol. The summed E-state index contributed by atoms with van der Waals surface area (Å²) in [6, 6.07) is 1.87. The van der Waals surface area contributed by atoms with Crippen LogP contribution in [-0.2, 0) is 10.0 Å². The number of nitrogens with zero attached hydrogens (tertiary/aromatic N) is 1. The van der Waals surface area contributed by atoms with Crippen LogP contribution in [0, 0.1) is 6.92 Å². The number of aryl methyl sites for hydroxylation is 1. The highest BCUT2D eigenvalue weighted by molar-refractivity contribution is 7.91. The molecule has 3 nitrogen and oxygen atoms in total. The summed E-state index contributed by atoms with van der Waals surface area (Å²) < 4.78 is 27.4. The first-order chi connectivity index (χ1) is 9.54. The Morgan fingerprint density at radius 3 is 2.55 bits per heavy atom. The van der Waals surface area contributed by atoms with Crippen molar-refractivity contribution in [2.45, 2.75) is 50.7 Å². The molecule has 0 saturated carbocycles. The number of sulfonamides is 1. The Kier molecular flexibility index (Phi) is 7.48. The van der Waals surface area contributed by atoms with Gasteiger partial charge in [0, 0.05) is 13.1 Å². The van der Waals surface area contributed by atoms with Crippen LogP contribution in [0.1, 0.15) is 45.1 Å². The SMILES string of the molecule is CCC=CCCCN(CCC)S(=O)(=O)c1sccc1C. The summed E-state index contributed by atoms with van der Waals surface area (Å²) in [5, 5.41) is 1.84. The number of thiophene rings is 1. The van der Waals surface area contributed by atoms with Crippen LogP contribution in [0.4, 0.5) is 0 Å². The van der Waals surface area contributed by atoms with Crippen LogP contribution >= 0.6 is 11.3 Å². The van der Waals surface area contributed by atoms with Gasteiger partial charge in [-0.05, 0) is 49.6 Å². The van der Waals surface area contributed by atoms with Gasteiger partial charge in [-0.3, -0.25) is 0 Å². The van der Waals surface area contributed by atoms with Crippen LogP contribution in [-0.4, -0.2) is 25.8 Å². The molecule has 0 fully saturated rings. The van der Waals surface area contributed by atoms with E-state index < -0.39 is 10.0 Å². The second kappa shape index (κ2) is 8.60. The molecule has 1 heterocycles. The van der Waals surface area contributed by atoms with Gasteiger partial charge in [0.1, 0.15) is 4.21 Å². The van der Waals surface area contributed by atoms with E-state index in [-0.39, 0.29) is 0 Å². The minimum Gasteiger partial charge on any atom is -0.206 e. The highest BCUT2D eigenvalue weighted by Gasteiger charge is 2.25. The number of rotatable bonds is 9. The van der Waals surface area contributed by atoms with Crippen molar-refractivity contribution in [3.05, 3.63) is 29.2 Å². The molecule has 0 saturated heterocycles. The molecule has 0 atom stereocenters. The maximum absolute atomic E-state index is 12.6. The standard InChI is InChI=1S/C15H25NO2S2/c1-4-6-7-8-9-12-16(11-5-2)20(17,18)15-14(3)10-13-19-15/h6-7,10,13H,4-5,8-9,11-12H2,1-3H3. The lowest BCUT2D eigenvalue weighted by molar-refractivity contribution is 0.406. The fourth-order valence-corrected chi connectivity index (χ4v) is 5.13. The Bertz CT molecular complexity index is 518. The number of allylic oxidation sites excluding steroid dienone is 2. The Hall–Kier alpha value is -0.650. The molecule has 1 rings (SSSR count). The Balaban J connectivity index is 2.74. The van der Waals surface area contributed by atoms with E-state index in [1.165, 1.54) is 11.3 Å². The lowest BCUT2D eigenvalue weighted by Gasteiger charge is -2.21. The second-order valence-electron chi connectivity index (χ2n) is 4.82. The molecule has 0 aliphatic rings. The van der Waals surface area contributed by atoms with Crippen molar-refractivity contribution >= 4 is 21.4 Å². The van der Waals surface area contributed by atoms with E-state index in [1.54, 1.807) is 4.31 Å². The summed E-state index contributed by atoms with van der Waals surface area (Å²) in [6.45, 7) is 7.17. The third kappa shape index (κ3) is 4.72. The Morgan fingerprint density at radius 2 is 2.00 bits per heavy atom. The van der Waals surface area contributed by atoms with Crippen molar-refractivity contribution < 1.29 is 8.42 Å². The van der Waals surface area contributed by atoms with E-state index in [2.05, 4.69) is 19.1 Å². The van der Waals surface area contributed by atoms with E-state index in [1.807, 2.05) is 25.3 Å². The van der Waals surface area contributed by atoms with Crippen molar-refractivity contribution in [2.75, 3.05) is 13.1 Å². The minimum atomic E-state index is -3.32. The summed E-state index contributed by atoms with van der Waals surface area (Å²) in [5.41, 5.74) is 0.849. The maximum atomic E-state index is 12.6. The zero-order chi connectivity index (χ0) is 15.0. The highest BCUT2D eigenvalue weighted by atomic mass is 32.2. The fourth-order valence-electron chi connectivity index (χ4n) is 2.01. The number of hydrogen-bond donors (Lipinski definition) is 0. The largest absolute Gasteiger partial charge is 0.252 e. The smallest absolute Gasteiger partial charge is 0.206 e. The molecule has 0 aliphatic heterocycles. The first kappa shape index (κ1) is 17.4. The quantitative estimate of drug-likeness (QED) is 0.506. The molecule has 1 aromatic rings. The van der Waals surface area contributed by atoms with E-state index in [0.717, 1.165) is 31.2 Å². The molecule has 0 N–H and O–H groups in total. The molecular weight excluding hydrogens is 290 g/mol. The van der Waals surface area contributed by atoms with Crippen molar-refractivity contribution in [1.82, 2.24) is 4.31 Å². The van der Waals surface area contributed by atoms with Crippen LogP contribution < -0.4 is 0 Å². The molecule has 5 heteroatoms. The van der Waals surface area contributed by atoms with Gasteiger partial charge in [-0.1, -0.05) is 26.0 Å². The maximum Gasteiger partial charge on any atom is 0.252 e. The van der Waals surface area contributed by atoms with Crippen molar-refractivity contribution in [2.24, 2.45) is 0 Å². The molecule has 1 aromatic heterocycles. The predicted molar refractivity (Wildman–Crippen MR) is 86.8 cm³/mol. The molecule has 0 amide bonds. The zero-order valence-electron chi connectivity index (χ0n) is 12.6. The van der Waals surface area contributed by atoms with Gasteiger partial charge >= 0.3 is 0 Å². The van der Waals surface area contributed by atoms with Crippen LogP contribution in [0.15, 0.2) is 27.8 Å². The molecule has 0 spiro atoms. The summed E-state index contributed by atoms with van der Waals surface area (Å²) in [7, 11) is -3.32. The van der Waals surface area contributed by atoms with Gasteiger partial charge in [0.15, 0.2) is 0 Å². The first-order valence-corrected chi connectivity index (χ1v) is 9.55. The van der Waals surface area contributed by atoms with E-state index in [0.29, 0.717) is 17.3 Å². The lowest BCUT2D eigenvalue weighted by Crippen LogP contribution is -2.32. The normalized spacial score (nSPS) is 12.6. The molecule has 0 bridgehead atoms. The van der Waals surface area contributed by atoms with Gasteiger partial charge in [-0.25, -0.2) is 8.42 Å². The van der Waals surface area contributed by atoms with Crippen LogP contribution in [0.5, 0.6) is 0 Å². The van der Waals surface area contributed by atoms with Gasteiger partial charge in [0.05, 0.1) is 0 Å². The van der Waals surface area contributed by atoms with Crippen molar-refractivity contribution in [1.29, 1.82) is 0 Å². The van der Waals surface area contributed by atoms with Gasteiger partial charge < -0.3 is 0 Å². The zero-order valence-corrected chi connectivity index (χ0v) is 14.3. The molecule has 114 valence electrons. The van der Waals surface area contributed by atoms with Gasteiger partial charge in [-0.2, -0.15) is 4.31 Å². The van der Waals surface area contributed by atoms with Crippen LogP contribution in [0.2, 0.25) is 0 Å². The lowest BCUT2D eigenvalue weighted by atomic mass is 10.2. The molecule has 0 aromatic carbocycles. The third-order valence-electron chi connectivity index (χ3n) is 3.04. The first-order valence-electron chi connectivity index (χ1n) is 7.23. The third-order valence-corrected chi connectivity index (χ3v) is 6.61. The number of unbranched alkanes of at least 4 members (excludes halogenated alkanes) is 1. The number of hydrogen-bond acceptors (Lipinski definition) is 3. The van der Waals surface area contributed by atoms with Crippen LogP contribution in [0.3, 0.4) is 0 Å². The van der Waals surface area contributed by atoms with E-state index >= 15 is 0 Å². The molecule has 0 aliphatic carbocycles. The van der Waals surface area contributed by atoms with E-state index in [9.17, 15) is 8.42 Å². The van der Waals surface area contributed by atoms with Crippen molar-refractivity contribution in [3.8, 4) is 0 Å². The summed E-state index contributed by atoms with van der Waals surface area (Å²) in [4.78, 5) is 0. The minimum absolute atomic E-state index is 0.495. The topological polar surface area (TPSA) is 37.4 Å². The average molecular weight is 316 g/mol. The summed E-state index contributed by atoms with van der Waals surface area (Å²) in [5.74, 6) is 0. The fraction of sp³-hybridized carbons (Fsp3) is 0.600. The molecule has 0 unspecified atom stereocenters. The Morgan fingerprint density at radius 1 is 1.25 bits per heavy atom. The predicted octanol–water partition coefficient (Wildman–Crippen LogP) is 4.20. The van der Waals surface area contributed by atoms with Crippen LogP contribution in [0.25, 0.3) is 0 Å². The van der Waals surface area contributed by atoms with Crippen molar-refractivity contribution in [3.63, 3.8) is 0 Å². The highest BCUT2D eigenvalue weighted by Crippen LogP contribution is 2.25. The Labute approximate surface area is 127 Å². The summed E-state index contributed by atoms with van der Waals surface area (Å²) >= 11 is 1.31. The van der Waals surface area contributed by atoms with Gasteiger partial charge in [-0.15, -0.1) is 11.3 Å². The molecule has 0 radical (unpaired) electrons. The average Bonchev–Trinajstić information content (AvgIpc) is 2.84. The van der Waals surface area contributed by atoms with E-state index in [4.69, 9.17) is 0 Å². The second-order valence-corrected chi connectivity index (χ2v) is 7.87. The molecule has 20 heavy (non-hydrogen) atoms.